The first-order valence-electron chi connectivity index (χ1n) is 14.2. The maximum Gasteiger partial charge on any atom is 0.417 e. The third-order valence-corrected chi connectivity index (χ3v) is 8.56. The van der Waals surface area contributed by atoms with E-state index in [4.69, 9.17) is 16.2 Å². The molecule has 2 aromatic rings. The molecule has 3 amide bonds. The number of aliphatic hydroxyl groups excluding tert-OH is 1. The second-order valence-corrected chi connectivity index (χ2v) is 13.3. The van der Waals surface area contributed by atoms with Crippen LogP contribution < -0.4 is 11.5 Å². The van der Waals surface area contributed by atoms with E-state index in [1.165, 1.54) is 6.26 Å². The number of rotatable bonds is 12. The van der Waals surface area contributed by atoms with Crippen LogP contribution in [-0.2, 0) is 38.2 Å². The minimum atomic E-state index is -1.61. The average Bonchev–Trinajstić information content (AvgIpc) is 3.40. The quantitative estimate of drug-likeness (QED) is 0.335. The lowest BCUT2D eigenvalue weighted by molar-refractivity contribution is -0.151. The molecule has 5 atom stereocenters. The number of carbonyl (C=O) groups excluding carboxylic acids is 3. The number of hydrogen-bond acceptors (Lipinski definition) is 8. The van der Waals surface area contributed by atoms with Gasteiger partial charge >= 0.3 is 6.09 Å². The van der Waals surface area contributed by atoms with Crippen LogP contribution >= 0.6 is 0 Å². The molecule has 230 valence electrons. The smallest absolute Gasteiger partial charge is 0.417 e. The Morgan fingerprint density at radius 1 is 1.07 bits per heavy atom. The van der Waals surface area contributed by atoms with E-state index in [-0.39, 0.29) is 25.2 Å². The number of benzene rings is 2. The van der Waals surface area contributed by atoms with Gasteiger partial charge in [0, 0.05) is 28.3 Å². The number of amides is 3. The highest BCUT2D eigenvalue weighted by Crippen LogP contribution is 2.42. The van der Waals surface area contributed by atoms with E-state index in [2.05, 4.69) is 0 Å². The molecule has 1 heterocycles. The highest BCUT2D eigenvalue weighted by molar-refractivity contribution is 7.84. The Morgan fingerprint density at radius 2 is 1.64 bits per heavy atom. The van der Waals surface area contributed by atoms with Crippen LogP contribution in [0.5, 0.6) is 0 Å². The van der Waals surface area contributed by atoms with Crippen molar-refractivity contribution in [3.05, 3.63) is 71.8 Å². The molecule has 1 aliphatic rings. The molecule has 0 bridgehead atoms. The fourth-order valence-corrected chi connectivity index (χ4v) is 6.59. The van der Waals surface area contributed by atoms with E-state index in [0.717, 1.165) is 10.5 Å². The summed E-state index contributed by atoms with van der Waals surface area (Å²) in [6.07, 6.45) is 0.257. The first kappa shape index (κ1) is 33.4. The van der Waals surface area contributed by atoms with E-state index in [0.29, 0.717) is 24.9 Å². The topological polar surface area (TPSA) is 156 Å². The number of nitrogens with two attached hydrogens (primary N) is 2. The van der Waals surface area contributed by atoms with Gasteiger partial charge < -0.3 is 21.3 Å². The molecule has 1 aliphatic heterocycles. The molecule has 0 aromatic heterocycles. The van der Waals surface area contributed by atoms with Crippen molar-refractivity contribution in [2.75, 3.05) is 18.6 Å². The van der Waals surface area contributed by atoms with Gasteiger partial charge in [0.25, 0.3) is 0 Å². The van der Waals surface area contributed by atoms with Crippen LogP contribution in [0.25, 0.3) is 0 Å². The van der Waals surface area contributed by atoms with Crippen molar-refractivity contribution >= 4 is 28.7 Å². The largest absolute Gasteiger partial charge is 0.444 e. The Morgan fingerprint density at radius 3 is 2.17 bits per heavy atom. The zero-order chi connectivity index (χ0) is 31.1. The Labute approximate surface area is 250 Å². The van der Waals surface area contributed by atoms with E-state index < -0.39 is 58.0 Å². The highest BCUT2D eigenvalue weighted by atomic mass is 32.2. The number of carbonyl (C=O) groups is 3. The molecule has 1 saturated heterocycles. The highest BCUT2D eigenvalue weighted by Gasteiger charge is 2.61. The molecular weight excluding hydrogens is 556 g/mol. The minimum absolute atomic E-state index is 0.117. The number of hydrogen-bond donors (Lipinski definition) is 3. The van der Waals surface area contributed by atoms with Crippen LogP contribution in [0, 0.1) is 0 Å². The molecule has 11 heteroatoms. The van der Waals surface area contributed by atoms with Gasteiger partial charge in [0.15, 0.2) is 0 Å². The molecule has 42 heavy (non-hydrogen) atoms. The SMILES string of the molecule is CS(=O)C[C@H](N)C(=O)N(C(=O)OCc1ccccc1)C(C(O)CCc1ccccc1)[C@@]1(C(N)=O)CCCN1C(C)(C)C. The number of nitrogens with zero attached hydrogens (tertiary/aromatic N) is 2. The zero-order valence-electron chi connectivity index (χ0n) is 24.9. The first-order valence-corrected chi connectivity index (χ1v) is 15.9. The Bertz CT molecular complexity index is 1240. The van der Waals surface area contributed by atoms with Gasteiger partial charge in [-0.3, -0.25) is 18.7 Å². The van der Waals surface area contributed by atoms with E-state index in [1.807, 2.05) is 62.1 Å². The first-order chi connectivity index (χ1) is 19.8. The van der Waals surface area contributed by atoms with E-state index >= 15 is 0 Å². The summed E-state index contributed by atoms with van der Waals surface area (Å²) in [5.41, 5.74) is 11.8. The summed E-state index contributed by atoms with van der Waals surface area (Å²) in [5.74, 6) is -1.88. The van der Waals surface area contributed by atoms with Crippen molar-refractivity contribution in [3.63, 3.8) is 0 Å². The van der Waals surface area contributed by atoms with Crippen molar-refractivity contribution in [1.82, 2.24) is 9.80 Å². The van der Waals surface area contributed by atoms with Crippen molar-refractivity contribution in [2.24, 2.45) is 11.5 Å². The van der Waals surface area contributed by atoms with Gasteiger partial charge in [0.1, 0.15) is 12.1 Å². The predicted octanol–water partition coefficient (Wildman–Crippen LogP) is 2.34. The summed E-state index contributed by atoms with van der Waals surface area (Å²) in [6, 6.07) is 15.6. The molecule has 3 unspecified atom stereocenters. The average molecular weight is 601 g/mol. The normalized spacial score (nSPS) is 20.3. The number of likely N-dealkylation sites (tertiary alicyclic amines) is 1. The third-order valence-electron chi connectivity index (χ3n) is 7.73. The number of aliphatic hydroxyl groups is 1. The maximum absolute atomic E-state index is 14.0. The number of ether oxygens (including phenoxy) is 1. The summed E-state index contributed by atoms with van der Waals surface area (Å²) in [6.45, 7) is 6.04. The van der Waals surface area contributed by atoms with E-state index in [9.17, 15) is 23.7 Å². The molecule has 0 radical (unpaired) electrons. The standard InChI is InChI=1S/C31H44N4O6S/c1-30(2,3)34-19-11-18-31(34,28(33)38)26(25(36)17-16-22-12-7-5-8-13-22)35(27(37)24(32)21-42(4)40)29(39)41-20-23-14-9-6-10-15-23/h5-10,12-15,24-26,36H,11,16-21,32H2,1-4H3,(H2,33,38)/t24-,25?,26?,31+,42?/m0/s1. The van der Waals surface area contributed by atoms with Gasteiger partial charge in [0.2, 0.25) is 11.8 Å². The van der Waals surface area contributed by atoms with Crippen LogP contribution in [0.1, 0.15) is 51.2 Å². The van der Waals surface area contributed by atoms with Gasteiger partial charge in [0.05, 0.1) is 18.2 Å². The molecule has 2 aromatic carbocycles. The molecule has 0 saturated carbocycles. The maximum atomic E-state index is 14.0. The molecule has 0 aliphatic carbocycles. The van der Waals surface area contributed by atoms with E-state index in [1.54, 1.807) is 24.3 Å². The Hall–Kier alpha value is -3.12. The van der Waals surface area contributed by atoms with Crippen LogP contribution in [0.4, 0.5) is 4.79 Å². The van der Waals surface area contributed by atoms with Gasteiger partial charge in [-0.25, -0.2) is 9.69 Å². The van der Waals surface area contributed by atoms with Crippen molar-refractivity contribution in [2.45, 2.75) is 82.3 Å². The van der Waals surface area contributed by atoms with Crippen LogP contribution in [-0.4, -0.2) is 84.8 Å². The number of aryl methyl sites for hydroxylation is 1. The van der Waals surface area contributed by atoms with Crippen molar-refractivity contribution < 1.29 is 28.4 Å². The van der Waals surface area contributed by atoms with Gasteiger partial charge in [-0.1, -0.05) is 60.7 Å². The van der Waals surface area contributed by atoms with Gasteiger partial charge in [-0.2, -0.15) is 0 Å². The van der Waals surface area contributed by atoms with Crippen LogP contribution in [0.3, 0.4) is 0 Å². The summed E-state index contributed by atoms with van der Waals surface area (Å²) < 4.78 is 17.7. The fourth-order valence-electron chi connectivity index (χ4n) is 5.94. The summed E-state index contributed by atoms with van der Waals surface area (Å²) in [5, 5.41) is 11.9. The Kier molecular flexibility index (Phi) is 11.4. The molecule has 3 rings (SSSR count). The van der Waals surface area contributed by atoms with Gasteiger partial charge in [-0.05, 0) is 64.1 Å². The Balaban J connectivity index is 2.14. The molecule has 1 fully saturated rings. The second kappa shape index (κ2) is 14.4. The molecule has 10 nitrogen and oxygen atoms in total. The van der Waals surface area contributed by atoms with Crippen molar-refractivity contribution in [3.8, 4) is 0 Å². The predicted molar refractivity (Wildman–Crippen MR) is 163 cm³/mol. The summed E-state index contributed by atoms with van der Waals surface area (Å²) >= 11 is 0. The van der Waals surface area contributed by atoms with Crippen molar-refractivity contribution in [1.29, 1.82) is 0 Å². The lowest BCUT2D eigenvalue weighted by Crippen LogP contribution is -2.74. The van der Waals surface area contributed by atoms with Crippen LogP contribution in [0.15, 0.2) is 60.7 Å². The third kappa shape index (κ3) is 7.83. The molecular formula is C31H44N4O6S. The monoisotopic (exact) mass is 600 g/mol. The summed E-state index contributed by atoms with van der Waals surface area (Å²) in [7, 11) is -1.46. The molecule has 5 N–H and O–H groups in total. The lowest BCUT2D eigenvalue weighted by Gasteiger charge is -2.51. The minimum Gasteiger partial charge on any atom is -0.444 e. The zero-order valence-corrected chi connectivity index (χ0v) is 25.7. The van der Waals surface area contributed by atoms with Crippen LogP contribution in [0.2, 0.25) is 0 Å². The summed E-state index contributed by atoms with van der Waals surface area (Å²) in [4.78, 5) is 44.2. The number of primary amides is 1. The fraction of sp³-hybridized carbons (Fsp3) is 0.516. The van der Waals surface area contributed by atoms with Gasteiger partial charge in [-0.15, -0.1) is 0 Å². The number of imide groups is 1. The second-order valence-electron chi connectivity index (χ2n) is 11.8. The lowest BCUT2D eigenvalue weighted by atomic mass is 9.78. The molecule has 0 spiro atoms.